The number of carbonyl (C=O) groups is 1. The lowest BCUT2D eigenvalue weighted by molar-refractivity contribution is -0.384. The Bertz CT molecular complexity index is 789. The fourth-order valence-corrected chi connectivity index (χ4v) is 2.27. The summed E-state index contributed by atoms with van der Waals surface area (Å²) < 4.78 is 5.77. The molecule has 3 rings (SSSR count). The Kier molecular flexibility index (Phi) is 3.76. The largest absolute Gasteiger partial charge is 0.446 e. The van der Waals surface area contributed by atoms with Crippen molar-refractivity contribution in [3.05, 3.63) is 75.8 Å². The van der Waals surface area contributed by atoms with Gasteiger partial charge in [-0.15, -0.1) is 5.10 Å². The van der Waals surface area contributed by atoms with Gasteiger partial charge in [-0.25, -0.2) is 0 Å². The average molecular weight is 311 g/mol. The molecule has 23 heavy (non-hydrogen) atoms. The Balaban J connectivity index is 1.96. The van der Waals surface area contributed by atoms with E-state index in [4.69, 9.17) is 4.74 Å². The van der Waals surface area contributed by atoms with Crippen LogP contribution in [0.5, 0.6) is 0 Å². The minimum atomic E-state index is -0.678. The Morgan fingerprint density at radius 1 is 1.22 bits per heavy atom. The zero-order chi connectivity index (χ0) is 16.4. The summed E-state index contributed by atoms with van der Waals surface area (Å²) in [6.45, 7) is 1.39. The molecular weight excluding hydrogens is 298 g/mol. The molecule has 0 saturated carbocycles. The van der Waals surface area contributed by atoms with E-state index in [0.29, 0.717) is 5.56 Å². The van der Waals surface area contributed by atoms with Gasteiger partial charge in [-0.3, -0.25) is 14.9 Å². The standard InChI is InChI=1S/C16H13N3O4/c1-11(20)18-16(12-6-3-2-4-7-12)23-15(17-18)13-8-5-9-14(10-13)19(21)22/h2-10,16H,1H3/t16-/m0/s1. The third-order valence-corrected chi connectivity index (χ3v) is 3.36. The summed E-state index contributed by atoms with van der Waals surface area (Å²) in [4.78, 5) is 22.2. The van der Waals surface area contributed by atoms with Crippen LogP contribution in [-0.2, 0) is 9.53 Å². The lowest BCUT2D eigenvalue weighted by Gasteiger charge is -2.19. The maximum atomic E-state index is 11.8. The summed E-state index contributed by atoms with van der Waals surface area (Å²) in [5.41, 5.74) is 1.15. The lowest BCUT2D eigenvalue weighted by Crippen LogP contribution is -2.25. The summed E-state index contributed by atoms with van der Waals surface area (Å²) in [5, 5.41) is 16.3. The van der Waals surface area contributed by atoms with Crippen LogP contribution in [0.15, 0.2) is 59.7 Å². The second kappa shape index (κ2) is 5.88. The van der Waals surface area contributed by atoms with Gasteiger partial charge in [0.05, 0.1) is 4.92 Å². The van der Waals surface area contributed by atoms with Gasteiger partial charge >= 0.3 is 0 Å². The van der Waals surface area contributed by atoms with Crippen molar-refractivity contribution in [3.63, 3.8) is 0 Å². The molecule has 0 radical (unpaired) electrons. The summed E-state index contributed by atoms with van der Waals surface area (Å²) in [6.07, 6.45) is -0.678. The van der Waals surface area contributed by atoms with E-state index in [0.717, 1.165) is 5.56 Å². The second-order valence-corrected chi connectivity index (χ2v) is 4.96. The van der Waals surface area contributed by atoms with Gasteiger partial charge < -0.3 is 4.74 Å². The van der Waals surface area contributed by atoms with Gasteiger partial charge in [-0.05, 0) is 6.07 Å². The highest BCUT2D eigenvalue weighted by Gasteiger charge is 2.33. The van der Waals surface area contributed by atoms with Crippen LogP contribution in [0.1, 0.15) is 24.3 Å². The molecule has 0 unspecified atom stereocenters. The fourth-order valence-electron chi connectivity index (χ4n) is 2.27. The van der Waals surface area contributed by atoms with Crippen LogP contribution in [0, 0.1) is 10.1 Å². The third-order valence-electron chi connectivity index (χ3n) is 3.36. The maximum Gasteiger partial charge on any atom is 0.270 e. The molecule has 7 heteroatoms. The first-order valence-corrected chi connectivity index (χ1v) is 6.91. The number of ether oxygens (including phenoxy) is 1. The van der Waals surface area contributed by atoms with E-state index in [2.05, 4.69) is 5.10 Å². The van der Waals surface area contributed by atoms with Gasteiger partial charge in [-0.1, -0.05) is 36.4 Å². The smallest absolute Gasteiger partial charge is 0.270 e. The van der Waals surface area contributed by atoms with Crippen molar-refractivity contribution >= 4 is 17.5 Å². The molecule has 0 saturated heterocycles. The topological polar surface area (TPSA) is 85.0 Å². The quantitative estimate of drug-likeness (QED) is 0.644. The van der Waals surface area contributed by atoms with E-state index < -0.39 is 11.2 Å². The molecule has 1 amide bonds. The SMILES string of the molecule is CC(=O)N1N=C(c2cccc([N+](=O)[O-])c2)O[C@H]1c1ccccc1. The maximum absolute atomic E-state index is 11.8. The third kappa shape index (κ3) is 2.89. The van der Waals surface area contributed by atoms with Crippen LogP contribution in [0.25, 0.3) is 0 Å². The van der Waals surface area contributed by atoms with Gasteiger partial charge in [0.1, 0.15) is 0 Å². The first-order chi connectivity index (χ1) is 11.1. The predicted molar refractivity (Wildman–Crippen MR) is 82.4 cm³/mol. The summed E-state index contributed by atoms with van der Waals surface area (Å²) in [5.74, 6) is -0.1000. The highest BCUT2D eigenvalue weighted by Crippen LogP contribution is 2.30. The molecule has 0 aromatic heterocycles. The van der Waals surface area contributed by atoms with Crippen molar-refractivity contribution in [1.82, 2.24) is 5.01 Å². The van der Waals surface area contributed by atoms with E-state index in [1.165, 1.54) is 24.1 Å². The highest BCUT2D eigenvalue weighted by molar-refractivity contribution is 5.96. The van der Waals surface area contributed by atoms with E-state index in [9.17, 15) is 14.9 Å². The molecule has 116 valence electrons. The van der Waals surface area contributed by atoms with Gasteiger partial charge in [0.25, 0.3) is 5.69 Å². The molecule has 0 bridgehead atoms. The first kappa shape index (κ1) is 14.7. The number of benzene rings is 2. The number of non-ortho nitro benzene ring substituents is 1. The minimum absolute atomic E-state index is 0.0636. The van der Waals surface area contributed by atoms with Crippen LogP contribution in [-0.4, -0.2) is 21.7 Å². The molecule has 1 aliphatic rings. The van der Waals surface area contributed by atoms with E-state index in [-0.39, 0.29) is 17.5 Å². The molecule has 0 aliphatic carbocycles. The van der Waals surface area contributed by atoms with E-state index >= 15 is 0 Å². The minimum Gasteiger partial charge on any atom is -0.446 e. The molecule has 1 atom stereocenters. The number of nitro benzene ring substituents is 1. The average Bonchev–Trinajstić information content (AvgIpc) is 3.01. The number of nitro groups is 1. The molecule has 7 nitrogen and oxygen atoms in total. The van der Waals surface area contributed by atoms with Crippen molar-refractivity contribution in [1.29, 1.82) is 0 Å². The van der Waals surface area contributed by atoms with Crippen LogP contribution < -0.4 is 0 Å². The van der Waals surface area contributed by atoms with Crippen molar-refractivity contribution in [2.45, 2.75) is 13.2 Å². The second-order valence-electron chi connectivity index (χ2n) is 4.96. The van der Waals surface area contributed by atoms with Crippen LogP contribution in [0.2, 0.25) is 0 Å². The van der Waals surface area contributed by atoms with Crippen LogP contribution >= 0.6 is 0 Å². The summed E-state index contributed by atoms with van der Waals surface area (Å²) in [6, 6.07) is 15.1. The molecule has 0 N–H and O–H groups in total. The predicted octanol–water partition coefficient (Wildman–Crippen LogP) is 2.83. The van der Waals surface area contributed by atoms with Gasteiger partial charge in [0, 0.05) is 30.2 Å². The van der Waals surface area contributed by atoms with Crippen molar-refractivity contribution < 1.29 is 14.5 Å². The number of hydrogen-bond donors (Lipinski definition) is 0. The monoisotopic (exact) mass is 311 g/mol. The van der Waals surface area contributed by atoms with Crippen LogP contribution in [0.4, 0.5) is 5.69 Å². The molecule has 0 fully saturated rings. The zero-order valence-electron chi connectivity index (χ0n) is 12.2. The first-order valence-electron chi connectivity index (χ1n) is 6.91. The summed E-state index contributed by atoms with van der Waals surface area (Å²) >= 11 is 0. The number of rotatable bonds is 3. The Hall–Kier alpha value is -3.22. The van der Waals surface area contributed by atoms with E-state index in [1.807, 2.05) is 30.3 Å². The van der Waals surface area contributed by atoms with Gasteiger partial charge in [0.2, 0.25) is 18.0 Å². The van der Waals surface area contributed by atoms with Crippen molar-refractivity contribution in [2.75, 3.05) is 0 Å². The zero-order valence-corrected chi connectivity index (χ0v) is 12.2. The number of nitrogens with zero attached hydrogens (tertiary/aromatic N) is 3. The Morgan fingerprint density at radius 3 is 2.61 bits per heavy atom. The number of hydrazone groups is 1. The van der Waals surface area contributed by atoms with Crippen molar-refractivity contribution in [2.24, 2.45) is 5.10 Å². The number of hydrogen-bond acceptors (Lipinski definition) is 5. The summed E-state index contributed by atoms with van der Waals surface area (Å²) in [7, 11) is 0. The molecule has 1 aliphatic heterocycles. The van der Waals surface area contributed by atoms with Crippen molar-refractivity contribution in [3.8, 4) is 0 Å². The lowest BCUT2D eigenvalue weighted by atomic mass is 10.2. The van der Waals surface area contributed by atoms with Crippen LogP contribution in [0.3, 0.4) is 0 Å². The highest BCUT2D eigenvalue weighted by atomic mass is 16.6. The molecular formula is C16H13N3O4. The van der Waals surface area contributed by atoms with Gasteiger partial charge in [-0.2, -0.15) is 5.01 Å². The fraction of sp³-hybridized carbons (Fsp3) is 0.125. The molecule has 2 aromatic carbocycles. The Morgan fingerprint density at radius 2 is 1.96 bits per heavy atom. The molecule has 1 heterocycles. The Labute approximate surface area is 131 Å². The molecule has 2 aromatic rings. The number of amides is 1. The van der Waals surface area contributed by atoms with Gasteiger partial charge in [0.15, 0.2) is 0 Å². The number of carbonyl (C=O) groups excluding carboxylic acids is 1. The molecule has 0 spiro atoms. The normalized spacial score (nSPS) is 16.7. The van der Waals surface area contributed by atoms with E-state index in [1.54, 1.807) is 12.1 Å².